The molecule has 0 saturated heterocycles. The Kier molecular flexibility index (Phi) is 7.32. The molecule has 0 aliphatic heterocycles. The Morgan fingerprint density at radius 2 is 1.84 bits per heavy atom. The van der Waals surface area contributed by atoms with Crippen molar-refractivity contribution in [2.24, 2.45) is 4.99 Å². The van der Waals surface area contributed by atoms with Crippen molar-refractivity contribution in [1.29, 1.82) is 0 Å². The van der Waals surface area contributed by atoms with Gasteiger partial charge in [-0.05, 0) is 36.4 Å². The molecule has 0 fully saturated rings. The van der Waals surface area contributed by atoms with Crippen LogP contribution in [0.5, 0.6) is 5.75 Å². The van der Waals surface area contributed by atoms with E-state index in [0.29, 0.717) is 20.8 Å². The van der Waals surface area contributed by atoms with Crippen LogP contribution in [0.3, 0.4) is 0 Å². The van der Waals surface area contributed by atoms with E-state index in [1.54, 1.807) is 30.3 Å². The Morgan fingerprint density at radius 3 is 2.52 bits per heavy atom. The van der Waals surface area contributed by atoms with Gasteiger partial charge < -0.3 is 18.8 Å². The molecule has 162 valence electrons. The molecule has 0 saturated carbocycles. The number of hydrogen-bond acceptors (Lipinski definition) is 7. The number of amides is 1. The van der Waals surface area contributed by atoms with Crippen molar-refractivity contribution in [3.8, 4) is 5.75 Å². The number of nitrogens with zero attached hydrogens (tertiary/aromatic N) is 2. The lowest BCUT2D eigenvalue weighted by molar-refractivity contribution is -0.141. The molecule has 0 bridgehead atoms. The van der Waals surface area contributed by atoms with E-state index < -0.39 is 17.8 Å². The molecule has 1 amide bonds. The molecule has 3 rings (SSSR count). The van der Waals surface area contributed by atoms with E-state index in [1.807, 2.05) is 0 Å². The maximum Gasteiger partial charge on any atom is 0.337 e. The lowest BCUT2D eigenvalue weighted by atomic mass is 10.2. The highest BCUT2D eigenvalue weighted by Gasteiger charge is 2.15. The number of hydrogen-bond donors (Lipinski definition) is 0. The number of rotatable bonds is 6. The number of benzene rings is 2. The van der Waals surface area contributed by atoms with E-state index in [0.717, 1.165) is 11.3 Å². The summed E-state index contributed by atoms with van der Waals surface area (Å²) in [5.41, 5.74) is 0.941. The molecule has 0 unspecified atom stereocenters. The average Bonchev–Trinajstić information content (AvgIpc) is 3.08. The molecule has 8 nitrogen and oxygen atoms in total. The molecule has 1 aromatic heterocycles. The second kappa shape index (κ2) is 9.95. The minimum Gasteiger partial charge on any atom is -0.482 e. The third-order valence-electron chi connectivity index (χ3n) is 4.08. The van der Waals surface area contributed by atoms with Crippen molar-refractivity contribution in [2.45, 2.75) is 6.54 Å². The second-order valence-corrected chi connectivity index (χ2v) is 7.94. The van der Waals surface area contributed by atoms with Crippen molar-refractivity contribution in [3.63, 3.8) is 0 Å². The number of aromatic nitrogens is 1. The van der Waals surface area contributed by atoms with Crippen LogP contribution in [0.25, 0.3) is 10.2 Å². The largest absolute Gasteiger partial charge is 0.482 e. The summed E-state index contributed by atoms with van der Waals surface area (Å²) in [5.74, 6) is -1.33. The van der Waals surface area contributed by atoms with Crippen LogP contribution >= 0.6 is 34.5 Å². The number of fused-ring (bicyclic) bond motifs is 1. The molecule has 11 heteroatoms. The minimum absolute atomic E-state index is 0.163. The second-order valence-electron chi connectivity index (χ2n) is 6.09. The van der Waals surface area contributed by atoms with Gasteiger partial charge >= 0.3 is 11.9 Å². The first kappa shape index (κ1) is 22.8. The fraction of sp³-hybridized carbons (Fsp3) is 0.200. The fourth-order valence-electron chi connectivity index (χ4n) is 2.62. The van der Waals surface area contributed by atoms with Crippen LogP contribution in [-0.4, -0.2) is 43.2 Å². The Bertz CT molecular complexity index is 1230. The molecule has 1 heterocycles. The Hall–Kier alpha value is -2.88. The smallest absolute Gasteiger partial charge is 0.337 e. The molecular weight excluding hydrogens is 467 g/mol. The first-order chi connectivity index (χ1) is 14.8. The molecule has 0 atom stereocenters. The van der Waals surface area contributed by atoms with Gasteiger partial charge in [0, 0.05) is 5.02 Å². The maximum atomic E-state index is 12.4. The van der Waals surface area contributed by atoms with E-state index in [1.165, 1.54) is 24.9 Å². The molecule has 0 aliphatic carbocycles. The molecule has 0 N–H and O–H groups in total. The van der Waals surface area contributed by atoms with Crippen LogP contribution in [0.4, 0.5) is 0 Å². The zero-order valence-electron chi connectivity index (χ0n) is 16.4. The fourth-order valence-corrected chi connectivity index (χ4v) is 4.17. The van der Waals surface area contributed by atoms with Crippen LogP contribution in [0.15, 0.2) is 41.4 Å². The van der Waals surface area contributed by atoms with Gasteiger partial charge in [-0.2, -0.15) is 4.99 Å². The summed E-state index contributed by atoms with van der Waals surface area (Å²) in [5, 5.41) is 0.701. The normalized spacial score (nSPS) is 11.4. The number of carbonyl (C=O) groups excluding carboxylic acids is 3. The summed E-state index contributed by atoms with van der Waals surface area (Å²) in [7, 11) is 2.54. The van der Waals surface area contributed by atoms with E-state index >= 15 is 0 Å². The van der Waals surface area contributed by atoms with Gasteiger partial charge in [0.15, 0.2) is 11.4 Å². The zero-order chi connectivity index (χ0) is 22.5. The van der Waals surface area contributed by atoms with Crippen molar-refractivity contribution in [2.75, 3.05) is 20.8 Å². The molecule has 0 spiro atoms. The number of halogens is 2. The quantitative estimate of drug-likeness (QED) is 0.499. The predicted octanol–water partition coefficient (Wildman–Crippen LogP) is 3.48. The summed E-state index contributed by atoms with van der Waals surface area (Å²) in [6.45, 7) is -0.536. The van der Waals surface area contributed by atoms with Gasteiger partial charge in [-0.15, -0.1) is 0 Å². The number of esters is 2. The van der Waals surface area contributed by atoms with E-state index in [4.69, 9.17) is 37.4 Å². The Balaban J connectivity index is 1.94. The molecule has 2 aromatic carbocycles. The Labute approximate surface area is 190 Å². The van der Waals surface area contributed by atoms with Crippen LogP contribution in [-0.2, 0) is 25.6 Å². The predicted molar refractivity (Wildman–Crippen MR) is 116 cm³/mol. The standard InChI is InChI=1S/C20H16Cl2N2O6S/c1-28-18(26)9-24-14-5-3-11(19(27)29-2)7-16(14)31-20(24)23-17(25)10-30-15-6-4-12(21)8-13(15)22/h3-8H,9-10H2,1-2H3. The molecule has 0 aliphatic rings. The van der Waals surface area contributed by atoms with Crippen LogP contribution in [0.1, 0.15) is 10.4 Å². The Morgan fingerprint density at radius 1 is 1.06 bits per heavy atom. The third kappa shape index (κ3) is 5.43. The van der Waals surface area contributed by atoms with E-state index in [-0.39, 0.29) is 28.7 Å². The summed E-state index contributed by atoms with van der Waals surface area (Å²) in [4.78, 5) is 40.4. The summed E-state index contributed by atoms with van der Waals surface area (Å²) in [6, 6.07) is 9.44. The highest BCUT2D eigenvalue weighted by atomic mass is 35.5. The molecule has 0 radical (unpaired) electrons. The highest BCUT2D eigenvalue weighted by molar-refractivity contribution is 7.16. The van der Waals surface area contributed by atoms with Gasteiger partial charge in [-0.1, -0.05) is 34.5 Å². The van der Waals surface area contributed by atoms with Crippen molar-refractivity contribution < 1.29 is 28.6 Å². The minimum atomic E-state index is -0.593. The van der Waals surface area contributed by atoms with Crippen molar-refractivity contribution in [3.05, 3.63) is 56.8 Å². The van der Waals surface area contributed by atoms with E-state index in [9.17, 15) is 14.4 Å². The van der Waals surface area contributed by atoms with Gasteiger partial charge in [0.1, 0.15) is 12.3 Å². The first-order valence-electron chi connectivity index (χ1n) is 8.76. The number of methoxy groups -OCH3 is 2. The lowest BCUT2D eigenvalue weighted by Crippen LogP contribution is -2.23. The van der Waals surface area contributed by atoms with Gasteiger partial charge in [0.2, 0.25) is 0 Å². The number of thiazole rings is 1. The van der Waals surface area contributed by atoms with Crippen LogP contribution < -0.4 is 9.54 Å². The van der Waals surface area contributed by atoms with Gasteiger partial charge in [0.25, 0.3) is 5.91 Å². The topological polar surface area (TPSA) is 96.2 Å². The molecule has 3 aromatic rings. The van der Waals surface area contributed by atoms with Gasteiger partial charge in [0.05, 0.1) is 35.0 Å². The van der Waals surface area contributed by atoms with E-state index in [2.05, 4.69) is 4.99 Å². The number of ether oxygens (including phenoxy) is 3. The highest BCUT2D eigenvalue weighted by Crippen LogP contribution is 2.27. The SMILES string of the molecule is COC(=O)Cn1c(=NC(=O)COc2ccc(Cl)cc2Cl)sc2cc(C(=O)OC)ccc21. The lowest BCUT2D eigenvalue weighted by Gasteiger charge is -2.06. The summed E-state index contributed by atoms with van der Waals surface area (Å²) >= 11 is 13.0. The summed E-state index contributed by atoms with van der Waals surface area (Å²) in [6.07, 6.45) is 0. The monoisotopic (exact) mass is 482 g/mol. The van der Waals surface area contributed by atoms with Crippen LogP contribution in [0.2, 0.25) is 10.0 Å². The zero-order valence-corrected chi connectivity index (χ0v) is 18.7. The average molecular weight is 483 g/mol. The number of carbonyl (C=O) groups is 3. The van der Waals surface area contributed by atoms with Gasteiger partial charge in [-0.3, -0.25) is 9.59 Å². The van der Waals surface area contributed by atoms with Crippen molar-refractivity contribution in [1.82, 2.24) is 4.57 Å². The first-order valence-corrected chi connectivity index (χ1v) is 10.3. The molecule has 31 heavy (non-hydrogen) atoms. The van der Waals surface area contributed by atoms with Gasteiger partial charge in [-0.25, -0.2) is 4.79 Å². The maximum absolute atomic E-state index is 12.4. The van der Waals surface area contributed by atoms with Crippen molar-refractivity contribution >= 4 is 62.6 Å². The van der Waals surface area contributed by atoms with Crippen LogP contribution in [0, 0.1) is 0 Å². The summed E-state index contributed by atoms with van der Waals surface area (Å²) < 4.78 is 17.0. The molecular formula is C20H16Cl2N2O6S. The third-order valence-corrected chi connectivity index (χ3v) is 5.66.